The minimum absolute atomic E-state index is 0.0159. The molecule has 7 nitrogen and oxygen atoms in total. The number of β-lactam (4-membered cyclic amide) rings is 1. The van der Waals surface area contributed by atoms with E-state index >= 15 is 0 Å². The zero-order valence-electron chi connectivity index (χ0n) is 20.0. The maximum Gasteiger partial charge on any atom is 0.410 e. The lowest BCUT2D eigenvalue weighted by atomic mass is 9.82. The monoisotopic (exact) mass is 450 g/mol. The Hall–Kier alpha value is -1.93. The SMILES string of the molecule is C=CCOC(=O)N1CC(C=C(C)C(=O)C[C@H]2NC(=O)[C@@H]2[C@@H](C)O[Si](C)(C)C(C)(C)C)C1. The standard InChI is InChI=1S/C23H38N2O5Si/c1-9-10-29-22(28)25-13-17(14-25)11-15(2)19(26)12-18-20(21(27)24-18)16(3)30-31(7,8)23(4,5)6/h9,11,16-18,20H,1,10,12-14H2,2-8H3,(H,24,27)/t16-,18-,20-/m1/s1. The maximum atomic E-state index is 12.7. The molecule has 31 heavy (non-hydrogen) atoms. The maximum absolute atomic E-state index is 12.7. The molecular formula is C23H38N2O5Si. The molecule has 8 heteroatoms. The van der Waals surface area contributed by atoms with Crippen LogP contribution in [0.3, 0.4) is 0 Å². The van der Waals surface area contributed by atoms with Gasteiger partial charge in [-0.15, -0.1) is 0 Å². The van der Waals surface area contributed by atoms with E-state index in [0.29, 0.717) is 18.7 Å². The lowest BCUT2D eigenvalue weighted by Gasteiger charge is -2.45. The van der Waals surface area contributed by atoms with Gasteiger partial charge in [0.05, 0.1) is 18.1 Å². The number of Topliss-reactive ketones (excluding diaryl/α,β-unsaturated/α-hetero) is 1. The van der Waals surface area contributed by atoms with Crippen molar-refractivity contribution < 1.29 is 23.5 Å². The number of likely N-dealkylation sites (tertiary alicyclic amines) is 1. The quantitative estimate of drug-likeness (QED) is 0.251. The third-order valence-corrected chi connectivity index (χ3v) is 11.3. The second-order valence-corrected chi connectivity index (χ2v) is 15.0. The molecule has 2 rings (SSSR count). The van der Waals surface area contributed by atoms with Gasteiger partial charge in [-0.3, -0.25) is 9.59 Å². The van der Waals surface area contributed by atoms with E-state index in [1.807, 2.05) is 13.0 Å². The first-order chi connectivity index (χ1) is 14.3. The topological polar surface area (TPSA) is 84.9 Å². The lowest BCUT2D eigenvalue weighted by molar-refractivity contribution is -0.141. The van der Waals surface area contributed by atoms with Gasteiger partial charge in [0.2, 0.25) is 5.91 Å². The van der Waals surface area contributed by atoms with Gasteiger partial charge in [-0.2, -0.15) is 0 Å². The summed E-state index contributed by atoms with van der Waals surface area (Å²) in [5, 5.41) is 2.93. The van der Waals surface area contributed by atoms with Crippen molar-refractivity contribution in [3.05, 3.63) is 24.3 Å². The molecule has 3 atom stereocenters. The average Bonchev–Trinajstić information content (AvgIpc) is 2.59. The molecule has 0 saturated carbocycles. The van der Waals surface area contributed by atoms with Gasteiger partial charge in [0, 0.05) is 25.4 Å². The number of ketones is 1. The van der Waals surface area contributed by atoms with Crippen LogP contribution in [0.1, 0.15) is 41.0 Å². The molecule has 1 N–H and O–H groups in total. The number of carbonyl (C=O) groups is 3. The van der Waals surface area contributed by atoms with Crippen molar-refractivity contribution in [2.24, 2.45) is 11.8 Å². The fourth-order valence-electron chi connectivity index (χ4n) is 3.68. The molecule has 2 fully saturated rings. The van der Waals surface area contributed by atoms with Crippen molar-refractivity contribution in [2.75, 3.05) is 19.7 Å². The summed E-state index contributed by atoms with van der Waals surface area (Å²) in [5.41, 5.74) is 0.668. The van der Waals surface area contributed by atoms with Crippen LogP contribution in [0.2, 0.25) is 18.1 Å². The molecule has 0 bridgehead atoms. The number of amides is 2. The van der Waals surface area contributed by atoms with Crippen LogP contribution in [0.4, 0.5) is 4.79 Å². The third-order valence-electron chi connectivity index (χ3n) is 6.68. The number of carbonyl (C=O) groups excluding carboxylic acids is 3. The summed E-state index contributed by atoms with van der Waals surface area (Å²) in [5.74, 6) is -0.182. The van der Waals surface area contributed by atoms with Crippen molar-refractivity contribution in [1.29, 1.82) is 0 Å². The number of hydrogen-bond acceptors (Lipinski definition) is 5. The van der Waals surface area contributed by atoms with Crippen molar-refractivity contribution in [3.8, 4) is 0 Å². The van der Waals surface area contributed by atoms with E-state index in [-0.39, 0.29) is 59.8 Å². The predicted octanol–water partition coefficient (Wildman–Crippen LogP) is 3.67. The molecule has 0 aromatic carbocycles. The average molecular weight is 451 g/mol. The summed E-state index contributed by atoms with van der Waals surface area (Å²) in [6, 6.07) is -0.199. The Morgan fingerprint density at radius 2 is 1.94 bits per heavy atom. The molecule has 0 aromatic rings. The molecular weight excluding hydrogens is 412 g/mol. The molecule has 0 radical (unpaired) electrons. The third kappa shape index (κ3) is 6.07. The van der Waals surface area contributed by atoms with Crippen LogP contribution >= 0.6 is 0 Å². The Kier molecular flexibility index (Phi) is 7.92. The van der Waals surface area contributed by atoms with Crippen LogP contribution in [0.15, 0.2) is 24.3 Å². The summed E-state index contributed by atoms with van der Waals surface area (Å²) >= 11 is 0. The van der Waals surface area contributed by atoms with E-state index in [2.05, 4.69) is 45.8 Å². The van der Waals surface area contributed by atoms with Gasteiger partial charge in [0.15, 0.2) is 14.1 Å². The van der Waals surface area contributed by atoms with Crippen LogP contribution in [-0.2, 0) is 18.8 Å². The minimum Gasteiger partial charge on any atom is -0.445 e. The van der Waals surface area contributed by atoms with Gasteiger partial charge in [-0.25, -0.2) is 4.79 Å². The smallest absolute Gasteiger partial charge is 0.410 e. The van der Waals surface area contributed by atoms with Crippen LogP contribution in [-0.4, -0.2) is 62.8 Å². The molecule has 2 aliphatic heterocycles. The largest absolute Gasteiger partial charge is 0.445 e. The summed E-state index contributed by atoms with van der Waals surface area (Å²) in [6.07, 6.45) is 3.14. The number of ether oxygens (including phenoxy) is 1. The van der Waals surface area contributed by atoms with Gasteiger partial charge in [-0.1, -0.05) is 39.5 Å². The summed E-state index contributed by atoms with van der Waals surface area (Å²) in [7, 11) is -2.00. The van der Waals surface area contributed by atoms with Gasteiger partial charge in [-0.05, 0) is 37.6 Å². The van der Waals surface area contributed by atoms with E-state index in [1.54, 1.807) is 11.8 Å². The van der Waals surface area contributed by atoms with E-state index < -0.39 is 8.32 Å². The first-order valence-electron chi connectivity index (χ1n) is 11.0. The van der Waals surface area contributed by atoms with Gasteiger partial charge in [0.1, 0.15) is 6.61 Å². The highest BCUT2D eigenvalue weighted by Gasteiger charge is 2.48. The second kappa shape index (κ2) is 9.69. The Morgan fingerprint density at radius 1 is 1.32 bits per heavy atom. The highest BCUT2D eigenvalue weighted by atomic mass is 28.4. The lowest BCUT2D eigenvalue weighted by Crippen LogP contribution is -2.64. The Labute approximate surface area is 187 Å². The van der Waals surface area contributed by atoms with E-state index in [0.717, 1.165) is 0 Å². The van der Waals surface area contributed by atoms with Crippen molar-refractivity contribution in [1.82, 2.24) is 10.2 Å². The number of nitrogens with zero attached hydrogens (tertiary/aromatic N) is 1. The van der Waals surface area contributed by atoms with Gasteiger partial charge in [0.25, 0.3) is 0 Å². The molecule has 174 valence electrons. The number of hydrogen-bond donors (Lipinski definition) is 1. The number of nitrogens with one attached hydrogen (secondary N) is 1. The summed E-state index contributed by atoms with van der Waals surface area (Å²) < 4.78 is 11.4. The summed E-state index contributed by atoms with van der Waals surface area (Å²) in [6.45, 7) is 19.4. The zero-order chi connectivity index (χ0) is 23.6. The van der Waals surface area contributed by atoms with Gasteiger partial charge < -0.3 is 19.4 Å². The normalized spacial score (nSPS) is 23.4. The summed E-state index contributed by atoms with van der Waals surface area (Å²) in [4.78, 5) is 38.3. The number of allylic oxidation sites excluding steroid dienone is 1. The molecule has 2 saturated heterocycles. The van der Waals surface area contributed by atoms with E-state index in [1.165, 1.54) is 6.08 Å². The Bertz CT molecular complexity index is 750. The molecule has 2 heterocycles. The van der Waals surface area contributed by atoms with Gasteiger partial charge >= 0.3 is 6.09 Å². The van der Waals surface area contributed by atoms with Crippen molar-refractivity contribution in [2.45, 2.75) is 71.3 Å². The van der Waals surface area contributed by atoms with Crippen LogP contribution in [0.25, 0.3) is 0 Å². The Balaban J connectivity index is 1.87. The second-order valence-electron chi connectivity index (χ2n) is 10.2. The first kappa shape index (κ1) is 25.3. The molecule has 0 unspecified atom stereocenters. The van der Waals surface area contributed by atoms with E-state index in [9.17, 15) is 14.4 Å². The van der Waals surface area contributed by atoms with Crippen LogP contribution in [0, 0.1) is 11.8 Å². The van der Waals surface area contributed by atoms with Crippen LogP contribution < -0.4 is 5.32 Å². The molecule has 0 spiro atoms. The van der Waals surface area contributed by atoms with E-state index in [4.69, 9.17) is 9.16 Å². The molecule has 2 amide bonds. The van der Waals surface area contributed by atoms with Crippen molar-refractivity contribution >= 4 is 26.1 Å². The molecule has 0 aromatic heterocycles. The van der Waals surface area contributed by atoms with Crippen molar-refractivity contribution in [3.63, 3.8) is 0 Å². The Morgan fingerprint density at radius 3 is 2.45 bits per heavy atom. The fourth-order valence-corrected chi connectivity index (χ4v) is 5.11. The van der Waals surface area contributed by atoms with Crippen LogP contribution in [0.5, 0.6) is 0 Å². The molecule has 0 aliphatic carbocycles. The highest BCUT2D eigenvalue weighted by molar-refractivity contribution is 6.74. The minimum atomic E-state index is -2.00. The number of rotatable bonds is 9. The highest BCUT2D eigenvalue weighted by Crippen LogP contribution is 2.39. The molecule has 2 aliphatic rings. The fraction of sp³-hybridized carbons (Fsp3) is 0.696. The zero-order valence-corrected chi connectivity index (χ0v) is 21.0. The first-order valence-corrected chi connectivity index (χ1v) is 13.9. The predicted molar refractivity (Wildman–Crippen MR) is 123 cm³/mol.